The summed E-state index contributed by atoms with van der Waals surface area (Å²) in [4.78, 5) is 23.5. The zero-order valence-electron chi connectivity index (χ0n) is 12.9. The monoisotopic (exact) mass is 312 g/mol. The van der Waals surface area contributed by atoms with Gasteiger partial charge in [0.05, 0.1) is 19.8 Å². The van der Waals surface area contributed by atoms with Crippen LogP contribution in [0.5, 0.6) is 5.75 Å². The van der Waals surface area contributed by atoms with E-state index in [1.54, 1.807) is 31.4 Å². The second kappa shape index (κ2) is 5.76. The van der Waals surface area contributed by atoms with Crippen molar-refractivity contribution in [3.63, 3.8) is 0 Å². The van der Waals surface area contributed by atoms with Crippen molar-refractivity contribution in [2.24, 2.45) is 0 Å². The van der Waals surface area contributed by atoms with E-state index in [-0.39, 0.29) is 5.78 Å². The Morgan fingerprint density at radius 3 is 2.35 bits per heavy atom. The van der Waals surface area contributed by atoms with E-state index in [1.807, 2.05) is 12.1 Å². The van der Waals surface area contributed by atoms with E-state index in [2.05, 4.69) is 0 Å². The quantitative estimate of drug-likeness (QED) is 0.802. The molecule has 1 aromatic carbocycles. The van der Waals surface area contributed by atoms with Gasteiger partial charge in [0, 0.05) is 12.0 Å². The fourth-order valence-corrected chi connectivity index (χ4v) is 2.65. The van der Waals surface area contributed by atoms with Gasteiger partial charge in [-0.05, 0) is 48.6 Å². The van der Waals surface area contributed by atoms with Crippen molar-refractivity contribution in [2.45, 2.75) is 12.0 Å². The van der Waals surface area contributed by atoms with Crippen LogP contribution in [-0.2, 0) is 19.1 Å². The average molecular weight is 312 g/mol. The molecular weight excluding hydrogens is 296 g/mol. The number of rotatable bonds is 3. The maximum absolute atomic E-state index is 12.1. The van der Waals surface area contributed by atoms with Gasteiger partial charge in [-0.15, -0.1) is 0 Å². The Balaban J connectivity index is 1.99. The van der Waals surface area contributed by atoms with Gasteiger partial charge in [-0.25, -0.2) is 4.79 Å². The third-order valence-electron chi connectivity index (χ3n) is 3.86. The molecule has 2 aliphatic rings. The number of allylic oxidation sites excluding steroid dienone is 2. The Morgan fingerprint density at radius 2 is 1.78 bits per heavy atom. The fraction of sp³-hybridized carbons (Fsp3) is 0.222. The minimum absolute atomic E-state index is 0.100. The van der Waals surface area contributed by atoms with Gasteiger partial charge in [-0.3, -0.25) is 4.79 Å². The zero-order valence-corrected chi connectivity index (χ0v) is 12.9. The third-order valence-corrected chi connectivity index (χ3v) is 3.86. The molecule has 0 saturated heterocycles. The summed E-state index contributed by atoms with van der Waals surface area (Å²) in [5.41, 5.74) is 0.385. The number of hydrogen-bond acceptors (Lipinski definition) is 5. The fourth-order valence-electron chi connectivity index (χ4n) is 2.65. The van der Waals surface area contributed by atoms with Crippen LogP contribution in [0.3, 0.4) is 0 Å². The summed E-state index contributed by atoms with van der Waals surface area (Å²) < 4.78 is 16.1. The molecule has 1 heterocycles. The first-order chi connectivity index (χ1) is 11.1. The molecule has 0 N–H and O–H groups in total. The van der Waals surface area contributed by atoms with Gasteiger partial charge in [0.1, 0.15) is 11.5 Å². The summed E-state index contributed by atoms with van der Waals surface area (Å²) in [6.45, 7) is 0. The summed E-state index contributed by atoms with van der Waals surface area (Å²) >= 11 is 0. The van der Waals surface area contributed by atoms with Crippen LogP contribution in [0.2, 0.25) is 0 Å². The highest BCUT2D eigenvalue weighted by molar-refractivity contribution is 6.02. The number of carbonyl (C=O) groups is 2. The first-order valence-corrected chi connectivity index (χ1v) is 7.14. The van der Waals surface area contributed by atoms with E-state index in [9.17, 15) is 9.59 Å². The Hall–Kier alpha value is -2.82. The van der Waals surface area contributed by atoms with E-state index in [0.29, 0.717) is 23.5 Å². The van der Waals surface area contributed by atoms with Gasteiger partial charge in [-0.1, -0.05) is 0 Å². The average Bonchev–Trinajstić information content (AvgIpc) is 2.97. The van der Waals surface area contributed by atoms with Crippen LogP contribution in [0.25, 0.3) is 5.76 Å². The van der Waals surface area contributed by atoms with E-state index >= 15 is 0 Å². The van der Waals surface area contributed by atoms with Crippen LogP contribution in [0.4, 0.5) is 0 Å². The number of benzene rings is 1. The van der Waals surface area contributed by atoms with Crippen molar-refractivity contribution in [3.05, 3.63) is 59.7 Å². The molecular formula is C18H16O5. The molecule has 0 amide bonds. The number of ether oxygens (including phenoxy) is 3. The molecule has 23 heavy (non-hydrogen) atoms. The van der Waals surface area contributed by atoms with Gasteiger partial charge in [0.2, 0.25) is 0 Å². The van der Waals surface area contributed by atoms with E-state index in [4.69, 9.17) is 14.2 Å². The summed E-state index contributed by atoms with van der Waals surface area (Å²) in [5.74, 6) is 0.635. The van der Waals surface area contributed by atoms with Crippen LogP contribution in [0, 0.1) is 0 Å². The summed E-state index contributed by atoms with van der Waals surface area (Å²) in [5, 5.41) is 0. The van der Waals surface area contributed by atoms with Gasteiger partial charge in [-0.2, -0.15) is 0 Å². The largest absolute Gasteiger partial charge is 0.497 e. The predicted octanol–water partition coefficient (Wildman–Crippen LogP) is 2.43. The summed E-state index contributed by atoms with van der Waals surface area (Å²) in [6.07, 6.45) is 6.57. The molecule has 0 bridgehead atoms. The molecule has 0 unspecified atom stereocenters. The van der Waals surface area contributed by atoms with Gasteiger partial charge < -0.3 is 14.2 Å². The zero-order chi connectivity index (χ0) is 16.4. The standard InChI is InChI=1S/C18H16O5/c1-21-14-5-3-12(4-6-14)16-15(17(20)22-2)11-18(23-16)9-7-13(19)8-10-18/h3-10H,11H2,1-2H3. The molecule has 5 heteroatoms. The lowest BCUT2D eigenvalue weighted by molar-refractivity contribution is -0.136. The van der Waals surface area contributed by atoms with Crippen LogP contribution in [0.15, 0.2) is 54.1 Å². The van der Waals surface area contributed by atoms with Crippen molar-refractivity contribution in [1.29, 1.82) is 0 Å². The highest BCUT2D eigenvalue weighted by Gasteiger charge is 2.41. The molecule has 0 radical (unpaired) electrons. The molecule has 118 valence electrons. The second-order valence-corrected chi connectivity index (χ2v) is 5.33. The highest BCUT2D eigenvalue weighted by atomic mass is 16.5. The molecule has 5 nitrogen and oxygen atoms in total. The molecule has 0 saturated carbocycles. The van der Waals surface area contributed by atoms with Crippen LogP contribution in [0.1, 0.15) is 12.0 Å². The topological polar surface area (TPSA) is 61.8 Å². The molecule has 3 rings (SSSR count). The van der Waals surface area contributed by atoms with Crippen molar-refractivity contribution in [3.8, 4) is 5.75 Å². The Morgan fingerprint density at radius 1 is 1.13 bits per heavy atom. The number of carbonyl (C=O) groups excluding carboxylic acids is 2. The summed E-state index contributed by atoms with van der Waals surface area (Å²) in [7, 11) is 2.92. The minimum Gasteiger partial charge on any atom is -0.497 e. The maximum atomic E-state index is 12.1. The summed E-state index contributed by atoms with van der Waals surface area (Å²) in [6, 6.07) is 7.22. The minimum atomic E-state index is -0.813. The lowest BCUT2D eigenvalue weighted by atomic mass is 9.91. The van der Waals surface area contributed by atoms with Gasteiger partial charge in [0.15, 0.2) is 11.4 Å². The van der Waals surface area contributed by atoms with Crippen LogP contribution in [-0.4, -0.2) is 31.6 Å². The highest BCUT2D eigenvalue weighted by Crippen LogP contribution is 2.42. The first-order valence-electron chi connectivity index (χ1n) is 7.14. The number of hydrogen-bond donors (Lipinski definition) is 0. The van der Waals surface area contributed by atoms with Crippen LogP contribution >= 0.6 is 0 Å². The Bertz CT molecular complexity index is 721. The predicted molar refractivity (Wildman–Crippen MR) is 83.7 cm³/mol. The molecule has 1 aliphatic carbocycles. The SMILES string of the molecule is COC(=O)C1=C(c2ccc(OC)cc2)OC2(C=CC(=O)C=C2)C1. The van der Waals surface area contributed by atoms with Gasteiger partial charge in [0.25, 0.3) is 0 Å². The lowest BCUT2D eigenvalue weighted by Crippen LogP contribution is -2.26. The smallest absolute Gasteiger partial charge is 0.337 e. The molecule has 0 aromatic heterocycles. The van der Waals surface area contributed by atoms with E-state index < -0.39 is 11.6 Å². The Labute approximate surface area is 133 Å². The van der Waals surface area contributed by atoms with E-state index in [0.717, 1.165) is 5.56 Å². The lowest BCUT2D eigenvalue weighted by Gasteiger charge is -2.24. The van der Waals surface area contributed by atoms with Crippen molar-refractivity contribution in [1.82, 2.24) is 0 Å². The molecule has 1 spiro atoms. The van der Waals surface area contributed by atoms with E-state index in [1.165, 1.54) is 19.3 Å². The second-order valence-electron chi connectivity index (χ2n) is 5.33. The molecule has 1 aromatic rings. The van der Waals surface area contributed by atoms with Crippen LogP contribution < -0.4 is 4.74 Å². The van der Waals surface area contributed by atoms with Crippen molar-refractivity contribution in [2.75, 3.05) is 14.2 Å². The third kappa shape index (κ3) is 2.77. The maximum Gasteiger partial charge on any atom is 0.337 e. The number of methoxy groups -OCH3 is 2. The molecule has 0 atom stereocenters. The molecule has 0 fully saturated rings. The number of esters is 1. The van der Waals surface area contributed by atoms with Crippen molar-refractivity contribution < 1.29 is 23.8 Å². The van der Waals surface area contributed by atoms with Crippen molar-refractivity contribution >= 4 is 17.5 Å². The van der Waals surface area contributed by atoms with Gasteiger partial charge >= 0.3 is 5.97 Å². The molecule has 1 aliphatic heterocycles. The Kier molecular flexibility index (Phi) is 3.78. The normalized spacial score (nSPS) is 18.3. The number of ketones is 1. The first kappa shape index (κ1) is 15.1.